The van der Waals surface area contributed by atoms with Crippen molar-refractivity contribution in [1.29, 1.82) is 0 Å². The van der Waals surface area contributed by atoms with E-state index in [1.54, 1.807) is 19.1 Å². The number of nitrogens with one attached hydrogen (secondary N) is 1. The molecule has 2 aliphatic rings. The Balaban J connectivity index is 1.50. The van der Waals surface area contributed by atoms with E-state index in [2.05, 4.69) is 5.32 Å². The van der Waals surface area contributed by atoms with Crippen LogP contribution < -0.4 is 14.8 Å². The van der Waals surface area contributed by atoms with Crippen LogP contribution in [-0.2, 0) is 20.9 Å². The number of likely N-dealkylation sites (tertiary alicyclic amines) is 2. The quantitative estimate of drug-likeness (QED) is 0.659. The maximum Gasteiger partial charge on any atom is 0.225 e. The number of carbonyl (C=O) groups excluding carboxylic acids is 3. The summed E-state index contributed by atoms with van der Waals surface area (Å²) in [4.78, 5) is 40.3. The van der Waals surface area contributed by atoms with E-state index < -0.39 is 0 Å². The molecule has 2 heterocycles. The lowest BCUT2D eigenvalue weighted by molar-refractivity contribution is -0.138. The Hall–Kier alpha value is -2.77. The number of hydrogen-bond donors (Lipinski definition) is 1. The fourth-order valence-corrected chi connectivity index (χ4v) is 4.08. The van der Waals surface area contributed by atoms with Crippen molar-refractivity contribution in [3.63, 3.8) is 0 Å². The molecule has 0 radical (unpaired) electrons. The molecular formula is C22H31N3O5. The molecule has 164 valence electrons. The first-order valence-corrected chi connectivity index (χ1v) is 10.6. The average molecular weight is 418 g/mol. The van der Waals surface area contributed by atoms with Crippen LogP contribution in [0.3, 0.4) is 0 Å². The molecule has 1 aromatic carbocycles. The normalized spacial score (nSPS) is 19.2. The molecule has 0 saturated carbocycles. The van der Waals surface area contributed by atoms with Gasteiger partial charge in [0.15, 0.2) is 0 Å². The number of carbonyl (C=O) groups is 3. The second kappa shape index (κ2) is 10.3. The number of benzene rings is 1. The molecule has 3 rings (SSSR count). The summed E-state index contributed by atoms with van der Waals surface area (Å²) < 4.78 is 10.6. The summed E-state index contributed by atoms with van der Waals surface area (Å²) in [6, 6.07) is 5.46. The maximum atomic E-state index is 12.7. The van der Waals surface area contributed by atoms with Crippen LogP contribution in [0.15, 0.2) is 18.2 Å². The predicted molar refractivity (Wildman–Crippen MR) is 111 cm³/mol. The summed E-state index contributed by atoms with van der Waals surface area (Å²) in [5.74, 6) is 1.38. The average Bonchev–Trinajstić information content (AvgIpc) is 3.17. The Morgan fingerprint density at radius 1 is 1.10 bits per heavy atom. The zero-order valence-electron chi connectivity index (χ0n) is 17.8. The van der Waals surface area contributed by atoms with Gasteiger partial charge in [0.05, 0.1) is 20.1 Å². The summed E-state index contributed by atoms with van der Waals surface area (Å²) >= 11 is 0. The van der Waals surface area contributed by atoms with Crippen molar-refractivity contribution < 1.29 is 23.9 Å². The molecule has 0 bridgehead atoms. The van der Waals surface area contributed by atoms with E-state index in [0.29, 0.717) is 56.9 Å². The molecule has 2 saturated heterocycles. The standard InChI is InChI=1S/C22H31N3O5/c1-29-18-7-8-19(30-2)17(13-18)14-23-22(28)16-6-9-21(27)25(15-16)12-4-11-24-10-3-5-20(24)26/h7-8,13,16H,3-6,9-12,14-15H2,1-2H3,(H,23,28)/t16-/m1/s1. The predicted octanol–water partition coefficient (Wildman–Crippen LogP) is 1.57. The van der Waals surface area contributed by atoms with Gasteiger partial charge in [-0.2, -0.15) is 0 Å². The minimum absolute atomic E-state index is 0.0629. The van der Waals surface area contributed by atoms with E-state index in [1.807, 2.05) is 23.1 Å². The second-order valence-corrected chi connectivity index (χ2v) is 7.81. The third-order valence-corrected chi connectivity index (χ3v) is 5.84. The number of nitrogens with zero attached hydrogens (tertiary/aromatic N) is 2. The van der Waals surface area contributed by atoms with Gasteiger partial charge in [0.2, 0.25) is 17.7 Å². The third kappa shape index (κ3) is 5.43. The molecule has 1 aromatic rings. The molecule has 1 atom stereocenters. The summed E-state index contributed by atoms with van der Waals surface area (Å²) in [6.45, 7) is 2.82. The van der Waals surface area contributed by atoms with Crippen LogP contribution in [0.2, 0.25) is 0 Å². The van der Waals surface area contributed by atoms with Crippen LogP contribution in [0, 0.1) is 5.92 Å². The summed E-state index contributed by atoms with van der Waals surface area (Å²) in [5.41, 5.74) is 0.837. The highest BCUT2D eigenvalue weighted by molar-refractivity contribution is 5.84. The van der Waals surface area contributed by atoms with Crippen molar-refractivity contribution in [2.75, 3.05) is 40.4 Å². The molecule has 0 spiro atoms. The molecular weight excluding hydrogens is 386 g/mol. The highest BCUT2D eigenvalue weighted by atomic mass is 16.5. The zero-order chi connectivity index (χ0) is 21.5. The zero-order valence-corrected chi connectivity index (χ0v) is 17.8. The van der Waals surface area contributed by atoms with Gasteiger partial charge in [-0.1, -0.05) is 0 Å². The number of methoxy groups -OCH3 is 2. The minimum atomic E-state index is -0.229. The molecule has 0 aromatic heterocycles. The first-order valence-electron chi connectivity index (χ1n) is 10.6. The van der Waals surface area contributed by atoms with Gasteiger partial charge < -0.3 is 24.6 Å². The van der Waals surface area contributed by atoms with Crippen molar-refractivity contribution in [3.8, 4) is 11.5 Å². The van der Waals surface area contributed by atoms with Gasteiger partial charge >= 0.3 is 0 Å². The van der Waals surface area contributed by atoms with Gasteiger partial charge in [-0.05, 0) is 37.5 Å². The minimum Gasteiger partial charge on any atom is -0.497 e. The van der Waals surface area contributed by atoms with E-state index in [9.17, 15) is 14.4 Å². The van der Waals surface area contributed by atoms with E-state index in [1.165, 1.54) is 0 Å². The van der Waals surface area contributed by atoms with Crippen molar-refractivity contribution in [2.45, 2.75) is 38.6 Å². The molecule has 3 amide bonds. The van der Waals surface area contributed by atoms with Gasteiger partial charge in [0, 0.05) is 51.1 Å². The highest BCUT2D eigenvalue weighted by Crippen LogP contribution is 2.24. The fourth-order valence-electron chi connectivity index (χ4n) is 4.08. The van der Waals surface area contributed by atoms with Crippen LogP contribution in [-0.4, -0.2) is 67.9 Å². The molecule has 2 aliphatic heterocycles. The summed E-state index contributed by atoms with van der Waals surface area (Å²) in [6.07, 6.45) is 3.22. The van der Waals surface area contributed by atoms with Crippen molar-refractivity contribution in [2.24, 2.45) is 5.92 Å². The number of hydrogen-bond acceptors (Lipinski definition) is 5. The van der Waals surface area contributed by atoms with Crippen molar-refractivity contribution >= 4 is 17.7 Å². The summed E-state index contributed by atoms with van der Waals surface area (Å²) in [5, 5.41) is 2.97. The molecule has 30 heavy (non-hydrogen) atoms. The number of rotatable bonds is 9. The topological polar surface area (TPSA) is 88.2 Å². The van der Waals surface area contributed by atoms with Crippen LogP contribution in [0.25, 0.3) is 0 Å². The summed E-state index contributed by atoms with van der Waals surface area (Å²) in [7, 11) is 3.19. The van der Waals surface area contributed by atoms with Crippen LogP contribution in [0.5, 0.6) is 11.5 Å². The SMILES string of the molecule is COc1ccc(OC)c(CNC(=O)[C@@H]2CCC(=O)N(CCCN3CCCC3=O)C2)c1. The Labute approximate surface area is 177 Å². The lowest BCUT2D eigenvalue weighted by Crippen LogP contribution is -2.46. The van der Waals surface area contributed by atoms with E-state index in [-0.39, 0.29) is 23.6 Å². The molecule has 8 heteroatoms. The Morgan fingerprint density at radius 2 is 1.87 bits per heavy atom. The highest BCUT2D eigenvalue weighted by Gasteiger charge is 2.30. The Morgan fingerprint density at radius 3 is 2.57 bits per heavy atom. The monoisotopic (exact) mass is 417 g/mol. The molecule has 0 aliphatic carbocycles. The van der Waals surface area contributed by atoms with Crippen LogP contribution in [0.1, 0.15) is 37.7 Å². The maximum absolute atomic E-state index is 12.7. The van der Waals surface area contributed by atoms with Crippen molar-refractivity contribution in [3.05, 3.63) is 23.8 Å². The molecule has 8 nitrogen and oxygen atoms in total. The van der Waals surface area contributed by atoms with Gasteiger partial charge in [-0.3, -0.25) is 14.4 Å². The largest absolute Gasteiger partial charge is 0.497 e. The van der Waals surface area contributed by atoms with E-state index in [0.717, 1.165) is 24.9 Å². The first-order chi connectivity index (χ1) is 14.5. The van der Waals surface area contributed by atoms with Crippen LogP contribution >= 0.6 is 0 Å². The van der Waals surface area contributed by atoms with Gasteiger partial charge in [-0.25, -0.2) is 0 Å². The number of ether oxygens (including phenoxy) is 2. The first kappa shape index (κ1) is 21.9. The lowest BCUT2D eigenvalue weighted by Gasteiger charge is -2.32. The van der Waals surface area contributed by atoms with E-state index >= 15 is 0 Å². The number of amides is 3. The van der Waals surface area contributed by atoms with Gasteiger partial charge in [0.1, 0.15) is 11.5 Å². The second-order valence-electron chi connectivity index (χ2n) is 7.81. The van der Waals surface area contributed by atoms with Crippen LogP contribution in [0.4, 0.5) is 0 Å². The third-order valence-electron chi connectivity index (χ3n) is 5.84. The lowest BCUT2D eigenvalue weighted by atomic mass is 9.96. The number of piperidine rings is 1. The van der Waals surface area contributed by atoms with Gasteiger partial charge in [0.25, 0.3) is 0 Å². The Kier molecular flexibility index (Phi) is 7.54. The molecule has 1 N–H and O–H groups in total. The van der Waals surface area contributed by atoms with E-state index in [4.69, 9.17) is 9.47 Å². The smallest absolute Gasteiger partial charge is 0.225 e. The molecule has 2 fully saturated rings. The Bertz CT molecular complexity index is 782. The molecule has 0 unspecified atom stereocenters. The fraction of sp³-hybridized carbons (Fsp3) is 0.591. The van der Waals surface area contributed by atoms with Crippen molar-refractivity contribution in [1.82, 2.24) is 15.1 Å². The van der Waals surface area contributed by atoms with Gasteiger partial charge in [-0.15, -0.1) is 0 Å².